The number of benzene rings is 1. The van der Waals surface area contributed by atoms with Gasteiger partial charge in [-0.3, -0.25) is 14.6 Å². The maximum absolute atomic E-state index is 13.7. The minimum atomic E-state index is -0.470. The fraction of sp³-hybridized carbons (Fsp3) is 0.143. The average Bonchev–Trinajstić information content (AvgIpc) is 3.21. The number of Topliss-reactive ketones (excluding diaryl/α,β-unsaturated/α-hetero) is 2. The number of ketones is 2. The van der Waals surface area contributed by atoms with E-state index in [1.807, 2.05) is 0 Å². The molecule has 0 N–H and O–H groups in total. The van der Waals surface area contributed by atoms with Crippen molar-refractivity contribution in [3.8, 4) is 5.82 Å². The molecule has 4 rings (SSSR count). The van der Waals surface area contributed by atoms with Crippen LogP contribution in [0, 0.1) is 5.82 Å². The summed E-state index contributed by atoms with van der Waals surface area (Å²) in [7, 11) is 0. The Bertz CT molecular complexity index is 1270. The van der Waals surface area contributed by atoms with E-state index in [4.69, 9.17) is 11.6 Å². The zero-order valence-corrected chi connectivity index (χ0v) is 16.6. The van der Waals surface area contributed by atoms with Crippen molar-refractivity contribution in [1.29, 1.82) is 0 Å². The molecule has 1 aromatic carbocycles. The van der Waals surface area contributed by atoms with Gasteiger partial charge < -0.3 is 0 Å². The molecule has 0 bridgehead atoms. The Morgan fingerprint density at radius 2 is 1.83 bits per heavy atom. The van der Waals surface area contributed by atoms with Gasteiger partial charge in [-0.1, -0.05) is 11.6 Å². The Kier molecular flexibility index (Phi) is 5.33. The zero-order chi connectivity index (χ0) is 21.3. The molecule has 0 saturated carbocycles. The number of nitrogens with zero attached hydrogens (tertiary/aromatic N) is 5. The average molecular weight is 424 g/mol. The van der Waals surface area contributed by atoms with Crippen LogP contribution >= 0.6 is 11.6 Å². The summed E-state index contributed by atoms with van der Waals surface area (Å²) < 4.78 is 13.7. The highest BCUT2D eigenvalue weighted by atomic mass is 35.5. The Morgan fingerprint density at radius 1 is 1.07 bits per heavy atom. The number of carbonyl (C=O) groups is 2. The van der Waals surface area contributed by atoms with Gasteiger partial charge in [-0.2, -0.15) is 10.2 Å². The van der Waals surface area contributed by atoms with E-state index in [0.717, 1.165) is 0 Å². The largest absolute Gasteiger partial charge is 0.299 e. The van der Waals surface area contributed by atoms with E-state index in [1.54, 1.807) is 6.07 Å². The molecule has 0 atom stereocenters. The number of hydrogen-bond acceptors (Lipinski definition) is 6. The van der Waals surface area contributed by atoms with E-state index in [-0.39, 0.29) is 24.4 Å². The number of pyridine rings is 2. The third kappa shape index (κ3) is 3.95. The molecule has 0 aliphatic rings. The molecule has 0 fully saturated rings. The third-order valence-electron chi connectivity index (χ3n) is 4.54. The number of rotatable bonds is 6. The maximum atomic E-state index is 13.7. The highest BCUT2D eigenvalue weighted by molar-refractivity contribution is 6.32. The maximum Gasteiger partial charge on any atom is 0.193 e. The summed E-state index contributed by atoms with van der Waals surface area (Å²) in [6.07, 6.45) is 6.08. The first-order valence-electron chi connectivity index (χ1n) is 9.03. The second-order valence-corrected chi connectivity index (χ2v) is 7.14. The fourth-order valence-corrected chi connectivity index (χ4v) is 3.56. The second-order valence-electron chi connectivity index (χ2n) is 6.74. The van der Waals surface area contributed by atoms with Gasteiger partial charge in [0, 0.05) is 36.2 Å². The SMILES string of the molecule is CC(=O)c1c(CC(=O)Cc2cnc(-n3nccn3)c(Cl)c2)cnc2ccc(F)cc12. The van der Waals surface area contributed by atoms with Gasteiger partial charge in [-0.25, -0.2) is 9.37 Å². The molecule has 3 heterocycles. The summed E-state index contributed by atoms with van der Waals surface area (Å²) >= 11 is 6.25. The first-order chi connectivity index (χ1) is 14.4. The van der Waals surface area contributed by atoms with Gasteiger partial charge >= 0.3 is 0 Å². The van der Waals surface area contributed by atoms with Gasteiger partial charge in [0.05, 0.1) is 22.9 Å². The predicted molar refractivity (Wildman–Crippen MR) is 108 cm³/mol. The molecule has 150 valence electrons. The van der Waals surface area contributed by atoms with Crippen LogP contribution in [0.5, 0.6) is 0 Å². The Balaban J connectivity index is 1.59. The van der Waals surface area contributed by atoms with Crippen molar-refractivity contribution in [2.45, 2.75) is 19.8 Å². The Morgan fingerprint density at radius 3 is 2.53 bits per heavy atom. The summed E-state index contributed by atoms with van der Waals surface area (Å²) in [5.41, 5.74) is 1.88. The van der Waals surface area contributed by atoms with E-state index in [2.05, 4.69) is 20.2 Å². The van der Waals surface area contributed by atoms with E-state index < -0.39 is 5.82 Å². The van der Waals surface area contributed by atoms with Crippen LogP contribution in [0.2, 0.25) is 5.02 Å². The van der Waals surface area contributed by atoms with Crippen LogP contribution in [-0.2, 0) is 17.6 Å². The minimum absolute atomic E-state index is 0.0194. The Hall–Kier alpha value is -3.52. The minimum Gasteiger partial charge on any atom is -0.299 e. The van der Waals surface area contributed by atoms with Crippen LogP contribution in [0.3, 0.4) is 0 Å². The standard InChI is InChI=1S/C21H15ClFN5O2/c1-12(29)20-14(11-24-19-3-2-15(23)9-17(19)20)8-16(30)6-13-7-18(22)21(25-10-13)28-26-4-5-27-28/h2-5,7,9-11H,6,8H2,1H3. The number of hydrogen-bond donors (Lipinski definition) is 0. The van der Waals surface area contributed by atoms with Gasteiger partial charge in [-0.05, 0) is 42.3 Å². The molecule has 0 amide bonds. The highest BCUT2D eigenvalue weighted by Gasteiger charge is 2.17. The molecule has 3 aromatic heterocycles. The molecular weight excluding hydrogens is 409 g/mol. The van der Waals surface area contributed by atoms with Gasteiger partial charge in [0.25, 0.3) is 0 Å². The molecule has 30 heavy (non-hydrogen) atoms. The van der Waals surface area contributed by atoms with Gasteiger partial charge in [0.15, 0.2) is 11.6 Å². The van der Waals surface area contributed by atoms with E-state index in [9.17, 15) is 14.0 Å². The van der Waals surface area contributed by atoms with Crippen molar-refractivity contribution in [3.05, 3.63) is 76.6 Å². The van der Waals surface area contributed by atoms with Crippen LogP contribution in [-0.4, -0.2) is 36.5 Å². The summed E-state index contributed by atoms with van der Waals surface area (Å²) in [5, 5.41) is 8.66. The molecular formula is C21H15ClFN5O2. The lowest BCUT2D eigenvalue weighted by Crippen LogP contribution is -2.12. The van der Waals surface area contributed by atoms with Crippen molar-refractivity contribution >= 4 is 34.1 Å². The van der Waals surface area contributed by atoms with Crippen molar-refractivity contribution in [3.63, 3.8) is 0 Å². The molecule has 0 unspecified atom stereocenters. The summed E-state index contributed by atoms with van der Waals surface area (Å²) in [5.74, 6) is -0.519. The lowest BCUT2D eigenvalue weighted by atomic mass is 9.95. The first kappa shape index (κ1) is 19.8. The van der Waals surface area contributed by atoms with Crippen molar-refractivity contribution in [1.82, 2.24) is 25.0 Å². The van der Waals surface area contributed by atoms with Crippen molar-refractivity contribution in [2.24, 2.45) is 0 Å². The molecule has 9 heteroatoms. The zero-order valence-electron chi connectivity index (χ0n) is 15.8. The van der Waals surface area contributed by atoms with Gasteiger partial charge in [0.1, 0.15) is 11.6 Å². The van der Waals surface area contributed by atoms with Gasteiger partial charge in [0.2, 0.25) is 0 Å². The molecule has 0 saturated heterocycles. The number of aromatic nitrogens is 5. The van der Waals surface area contributed by atoms with Crippen molar-refractivity contribution in [2.75, 3.05) is 0 Å². The number of fused-ring (bicyclic) bond motifs is 1. The topological polar surface area (TPSA) is 90.6 Å². The number of halogens is 2. The van der Waals surface area contributed by atoms with Crippen LogP contribution in [0.15, 0.2) is 49.1 Å². The third-order valence-corrected chi connectivity index (χ3v) is 4.81. The summed E-state index contributed by atoms with van der Waals surface area (Å²) in [6.45, 7) is 1.39. The normalized spacial score (nSPS) is 11.0. The molecule has 7 nitrogen and oxygen atoms in total. The molecule has 0 radical (unpaired) electrons. The highest BCUT2D eigenvalue weighted by Crippen LogP contribution is 2.24. The number of carbonyl (C=O) groups excluding carboxylic acids is 2. The van der Waals surface area contributed by atoms with E-state index >= 15 is 0 Å². The van der Waals surface area contributed by atoms with Crippen LogP contribution in [0.25, 0.3) is 16.7 Å². The van der Waals surface area contributed by atoms with Crippen LogP contribution in [0.4, 0.5) is 4.39 Å². The van der Waals surface area contributed by atoms with Gasteiger partial charge in [-0.15, -0.1) is 4.80 Å². The molecule has 0 aliphatic carbocycles. The van der Waals surface area contributed by atoms with Crippen LogP contribution < -0.4 is 0 Å². The molecule has 0 aliphatic heterocycles. The predicted octanol–water partition coefficient (Wildman–Crippen LogP) is 3.56. The fourth-order valence-electron chi connectivity index (χ4n) is 3.30. The van der Waals surface area contributed by atoms with Crippen LogP contribution in [0.1, 0.15) is 28.4 Å². The monoisotopic (exact) mass is 423 g/mol. The summed E-state index contributed by atoms with van der Waals surface area (Å²) in [4.78, 5) is 34.7. The van der Waals surface area contributed by atoms with Crippen molar-refractivity contribution < 1.29 is 14.0 Å². The second kappa shape index (κ2) is 8.08. The Labute approximate surface area is 175 Å². The summed E-state index contributed by atoms with van der Waals surface area (Å²) in [6, 6.07) is 5.68. The van der Waals surface area contributed by atoms with E-state index in [0.29, 0.717) is 38.4 Å². The quantitative estimate of drug-likeness (QED) is 0.440. The lowest BCUT2D eigenvalue weighted by Gasteiger charge is -2.10. The van der Waals surface area contributed by atoms with E-state index in [1.165, 1.54) is 54.7 Å². The molecule has 0 spiro atoms. The molecule has 4 aromatic rings. The first-order valence-corrected chi connectivity index (χ1v) is 9.41. The lowest BCUT2D eigenvalue weighted by molar-refractivity contribution is -0.117. The smallest absolute Gasteiger partial charge is 0.193 e.